The Labute approximate surface area is 165 Å². The van der Waals surface area contributed by atoms with Crippen LogP contribution in [-0.4, -0.2) is 48.9 Å². The highest BCUT2D eigenvalue weighted by atomic mass is 16.5. The minimum atomic E-state index is 0.00862. The second-order valence-corrected chi connectivity index (χ2v) is 7.64. The number of methoxy groups -OCH3 is 1. The van der Waals surface area contributed by atoms with Gasteiger partial charge in [-0.3, -0.25) is 9.69 Å². The Morgan fingerprint density at radius 1 is 1.32 bits per heavy atom. The van der Waals surface area contributed by atoms with E-state index in [9.17, 15) is 4.79 Å². The zero-order valence-electron chi connectivity index (χ0n) is 16.2. The highest BCUT2D eigenvalue weighted by molar-refractivity contribution is 5.76. The van der Waals surface area contributed by atoms with Crippen molar-refractivity contribution >= 4 is 5.91 Å². The van der Waals surface area contributed by atoms with Crippen LogP contribution < -0.4 is 10.1 Å². The number of nitrogens with one attached hydrogen (secondary N) is 1. The molecule has 2 aromatic rings. The molecule has 2 saturated heterocycles. The summed E-state index contributed by atoms with van der Waals surface area (Å²) in [6.07, 6.45) is 3.01. The number of nitrogens with zero attached hydrogens (tertiary/aromatic N) is 2. The van der Waals surface area contributed by atoms with Crippen LogP contribution in [0.2, 0.25) is 0 Å². The molecule has 0 bridgehead atoms. The van der Waals surface area contributed by atoms with E-state index >= 15 is 0 Å². The molecule has 1 aromatic carbocycles. The van der Waals surface area contributed by atoms with E-state index in [-0.39, 0.29) is 12.0 Å². The van der Waals surface area contributed by atoms with Crippen molar-refractivity contribution in [3.63, 3.8) is 0 Å². The van der Waals surface area contributed by atoms with Crippen LogP contribution >= 0.6 is 0 Å². The Balaban J connectivity index is 1.24. The molecule has 1 aromatic heterocycles. The Bertz CT molecular complexity index is 762. The van der Waals surface area contributed by atoms with Crippen molar-refractivity contribution in [1.29, 1.82) is 0 Å². The third-order valence-corrected chi connectivity index (χ3v) is 5.79. The number of piperidine rings is 1. The third-order valence-electron chi connectivity index (χ3n) is 5.79. The topological polar surface area (TPSA) is 76.8 Å². The van der Waals surface area contributed by atoms with Gasteiger partial charge < -0.3 is 19.3 Å². The molecule has 0 aliphatic carbocycles. The summed E-state index contributed by atoms with van der Waals surface area (Å²) in [6.45, 7) is 4.13. The number of aromatic nitrogens is 1. The number of amides is 1. The normalized spacial score (nSPS) is 24.7. The molecular formula is C21H27N3O4. The number of rotatable bonds is 7. The van der Waals surface area contributed by atoms with Gasteiger partial charge in [0.05, 0.1) is 32.8 Å². The molecular weight excluding hydrogens is 358 g/mol. The molecule has 28 heavy (non-hydrogen) atoms. The van der Waals surface area contributed by atoms with E-state index in [0.29, 0.717) is 24.8 Å². The summed E-state index contributed by atoms with van der Waals surface area (Å²) in [4.78, 5) is 14.7. The van der Waals surface area contributed by atoms with Gasteiger partial charge in [0.15, 0.2) is 0 Å². The van der Waals surface area contributed by atoms with Gasteiger partial charge in [0.25, 0.3) is 0 Å². The zero-order chi connectivity index (χ0) is 19.3. The first-order valence-corrected chi connectivity index (χ1v) is 9.84. The van der Waals surface area contributed by atoms with Crippen molar-refractivity contribution in [2.45, 2.75) is 32.0 Å². The summed E-state index contributed by atoms with van der Waals surface area (Å²) in [5.74, 6) is 1.86. The minimum absolute atomic E-state index is 0.00862. The molecule has 3 heterocycles. The number of fused-ring (bicyclic) bond motifs is 1. The molecule has 0 spiro atoms. The Hall–Kier alpha value is -2.38. The second kappa shape index (κ2) is 8.75. The van der Waals surface area contributed by atoms with Gasteiger partial charge in [0, 0.05) is 25.1 Å². The fourth-order valence-corrected chi connectivity index (χ4v) is 4.28. The van der Waals surface area contributed by atoms with Gasteiger partial charge in [0.2, 0.25) is 5.91 Å². The van der Waals surface area contributed by atoms with Crippen LogP contribution in [0.25, 0.3) is 0 Å². The molecule has 0 radical (unpaired) electrons. The second-order valence-electron chi connectivity index (χ2n) is 7.64. The van der Waals surface area contributed by atoms with E-state index in [4.69, 9.17) is 14.0 Å². The minimum Gasteiger partial charge on any atom is -0.497 e. The maximum atomic E-state index is 12.3. The Morgan fingerprint density at radius 2 is 2.18 bits per heavy atom. The fraction of sp³-hybridized carbons (Fsp3) is 0.524. The zero-order valence-corrected chi connectivity index (χ0v) is 16.2. The van der Waals surface area contributed by atoms with Crippen molar-refractivity contribution in [2.24, 2.45) is 11.8 Å². The summed E-state index contributed by atoms with van der Waals surface area (Å²) in [7, 11) is 1.69. The largest absolute Gasteiger partial charge is 0.497 e. The van der Waals surface area contributed by atoms with Crippen LogP contribution in [0.3, 0.4) is 0 Å². The van der Waals surface area contributed by atoms with Crippen molar-refractivity contribution in [1.82, 2.24) is 15.4 Å². The van der Waals surface area contributed by atoms with Gasteiger partial charge in [-0.2, -0.15) is 0 Å². The first-order chi connectivity index (χ1) is 13.7. The summed E-state index contributed by atoms with van der Waals surface area (Å²) >= 11 is 0. The number of likely N-dealkylation sites (tertiary alicyclic amines) is 1. The van der Waals surface area contributed by atoms with E-state index in [1.54, 1.807) is 13.2 Å². The maximum Gasteiger partial charge on any atom is 0.222 e. The van der Waals surface area contributed by atoms with Gasteiger partial charge in [-0.25, -0.2) is 0 Å². The predicted molar refractivity (Wildman–Crippen MR) is 103 cm³/mol. The number of hydrogen-bond donors (Lipinski definition) is 1. The molecule has 1 amide bonds. The monoisotopic (exact) mass is 385 g/mol. The van der Waals surface area contributed by atoms with E-state index in [1.165, 1.54) is 11.8 Å². The fourth-order valence-electron chi connectivity index (χ4n) is 4.28. The Morgan fingerprint density at radius 3 is 2.93 bits per heavy atom. The van der Waals surface area contributed by atoms with Gasteiger partial charge >= 0.3 is 0 Å². The highest BCUT2D eigenvalue weighted by Gasteiger charge is 2.41. The van der Waals surface area contributed by atoms with E-state index in [0.717, 1.165) is 44.1 Å². The number of benzene rings is 1. The van der Waals surface area contributed by atoms with Gasteiger partial charge in [-0.05, 0) is 36.6 Å². The quantitative estimate of drug-likeness (QED) is 0.788. The lowest BCUT2D eigenvalue weighted by atomic mass is 9.83. The van der Waals surface area contributed by atoms with Crippen molar-refractivity contribution in [3.05, 3.63) is 47.9 Å². The van der Waals surface area contributed by atoms with Crippen LogP contribution in [-0.2, 0) is 22.6 Å². The Kier molecular flexibility index (Phi) is 5.92. The number of carbonyl (C=O) groups is 1. The molecule has 2 aliphatic rings. The van der Waals surface area contributed by atoms with Crippen molar-refractivity contribution in [3.8, 4) is 5.75 Å². The maximum absolute atomic E-state index is 12.3. The molecule has 7 nitrogen and oxygen atoms in total. The third kappa shape index (κ3) is 4.54. The van der Waals surface area contributed by atoms with E-state index in [1.807, 2.05) is 12.1 Å². The van der Waals surface area contributed by atoms with E-state index < -0.39 is 0 Å². The number of hydrogen-bond acceptors (Lipinski definition) is 6. The first kappa shape index (κ1) is 19.0. The molecule has 0 saturated carbocycles. The average Bonchev–Trinajstić information content (AvgIpc) is 3.37. The molecule has 4 rings (SSSR count). The molecule has 2 fully saturated rings. The highest BCUT2D eigenvalue weighted by Crippen LogP contribution is 2.36. The number of carbonyl (C=O) groups excluding carboxylic acids is 1. The average molecular weight is 385 g/mol. The van der Waals surface area contributed by atoms with Gasteiger partial charge in [-0.1, -0.05) is 17.3 Å². The van der Waals surface area contributed by atoms with Crippen LogP contribution in [0.1, 0.15) is 24.1 Å². The standard InChI is InChI=1S/C21H27N3O4/c1-26-18-4-2-15(3-5-18)12-24-8-6-19-16(13-24)14-27-20(19)10-21(25)22-11-17-7-9-28-23-17/h2-5,7,9,16,19-20H,6,8,10-14H2,1H3,(H,22,25)/t16-,19-,20+/m1/s1. The SMILES string of the molecule is COc1ccc(CN2CC[C@@H]3[C@@H](CO[C@H]3CC(=O)NCc3ccon3)C2)cc1. The predicted octanol–water partition coefficient (Wildman–Crippen LogP) is 2.23. The lowest BCUT2D eigenvalue weighted by molar-refractivity contribution is -0.124. The number of ether oxygens (including phenoxy) is 2. The molecule has 150 valence electrons. The molecule has 0 unspecified atom stereocenters. The summed E-state index contributed by atoms with van der Waals surface area (Å²) in [5.41, 5.74) is 2.02. The van der Waals surface area contributed by atoms with Crippen LogP contribution in [0.15, 0.2) is 41.1 Å². The summed E-state index contributed by atoms with van der Waals surface area (Å²) in [5, 5.41) is 6.70. The molecule has 7 heteroatoms. The molecule has 3 atom stereocenters. The van der Waals surface area contributed by atoms with Crippen molar-refractivity contribution < 1.29 is 18.8 Å². The molecule has 2 aliphatic heterocycles. The lowest BCUT2D eigenvalue weighted by Crippen LogP contribution is -2.41. The summed E-state index contributed by atoms with van der Waals surface area (Å²) < 4.78 is 16.0. The summed E-state index contributed by atoms with van der Waals surface area (Å²) in [6, 6.07) is 10.0. The van der Waals surface area contributed by atoms with Gasteiger partial charge in [0.1, 0.15) is 17.7 Å². The van der Waals surface area contributed by atoms with Crippen LogP contribution in [0, 0.1) is 11.8 Å². The van der Waals surface area contributed by atoms with E-state index in [2.05, 4.69) is 27.5 Å². The smallest absolute Gasteiger partial charge is 0.222 e. The van der Waals surface area contributed by atoms with Crippen molar-refractivity contribution in [2.75, 3.05) is 26.8 Å². The first-order valence-electron chi connectivity index (χ1n) is 9.84. The van der Waals surface area contributed by atoms with Crippen LogP contribution in [0.4, 0.5) is 0 Å². The van der Waals surface area contributed by atoms with Gasteiger partial charge in [-0.15, -0.1) is 0 Å². The molecule has 1 N–H and O–H groups in total. The lowest BCUT2D eigenvalue weighted by Gasteiger charge is -2.35. The van der Waals surface area contributed by atoms with Crippen LogP contribution in [0.5, 0.6) is 5.75 Å².